The minimum atomic E-state index is -0.236. The molecule has 0 saturated carbocycles. The molecule has 2 rings (SSSR count). The monoisotopic (exact) mass is 178 g/mol. The van der Waals surface area contributed by atoms with E-state index in [0.29, 0.717) is 0 Å². The molecule has 13 heavy (non-hydrogen) atoms. The van der Waals surface area contributed by atoms with Crippen molar-refractivity contribution in [1.29, 1.82) is 0 Å². The van der Waals surface area contributed by atoms with E-state index in [-0.39, 0.29) is 5.82 Å². The van der Waals surface area contributed by atoms with Crippen molar-refractivity contribution >= 4 is 0 Å². The highest BCUT2D eigenvalue weighted by Gasteiger charge is 2.04. The lowest BCUT2D eigenvalue weighted by Crippen LogP contribution is -2.30. The van der Waals surface area contributed by atoms with Crippen LogP contribution in [0.4, 0.5) is 4.39 Å². The van der Waals surface area contributed by atoms with Crippen molar-refractivity contribution in [3.8, 4) is 5.69 Å². The number of benzene rings is 1. The molecule has 0 fully saturated rings. The topological polar surface area (TPSA) is 21.7 Å². The van der Waals surface area contributed by atoms with E-state index in [1.165, 1.54) is 12.1 Å². The van der Waals surface area contributed by atoms with E-state index in [9.17, 15) is 4.39 Å². The zero-order chi connectivity index (χ0) is 9.26. The Morgan fingerprint density at radius 2 is 2.00 bits per heavy atom. The molecule has 66 valence electrons. The van der Waals surface area contributed by atoms with Crippen molar-refractivity contribution in [3.05, 3.63) is 42.5 Å². The standard InChI is InChI=1S/C9H9FN3/c1-12-6-7-13(11-12)9-4-2-8(10)3-5-9/h2-7H,1H3/q+1. The van der Waals surface area contributed by atoms with E-state index in [4.69, 9.17) is 0 Å². The van der Waals surface area contributed by atoms with E-state index in [0.717, 1.165) is 5.69 Å². The summed E-state index contributed by atoms with van der Waals surface area (Å²) in [5.41, 5.74) is 0.849. The molecule has 3 nitrogen and oxygen atoms in total. The van der Waals surface area contributed by atoms with E-state index >= 15 is 0 Å². The molecule has 0 unspecified atom stereocenters. The van der Waals surface area contributed by atoms with E-state index < -0.39 is 0 Å². The van der Waals surface area contributed by atoms with Crippen molar-refractivity contribution in [1.82, 2.24) is 9.90 Å². The van der Waals surface area contributed by atoms with Crippen LogP contribution in [0.3, 0.4) is 0 Å². The van der Waals surface area contributed by atoms with Gasteiger partial charge in [-0.1, -0.05) is 0 Å². The molecule has 0 saturated heterocycles. The van der Waals surface area contributed by atoms with Crippen LogP contribution in [0.5, 0.6) is 0 Å². The SMILES string of the molecule is C[n+]1ccn(-c2ccc(F)cc2)n1. The predicted molar refractivity (Wildman–Crippen MR) is 44.7 cm³/mol. The number of hydrogen-bond donors (Lipinski definition) is 0. The second-order valence-corrected chi connectivity index (χ2v) is 2.78. The third-order valence-corrected chi connectivity index (χ3v) is 1.75. The van der Waals surface area contributed by atoms with E-state index in [2.05, 4.69) is 5.21 Å². The Morgan fingerprint density at radius 1 is 1.31 bits per heavy atom. The summed E-state index contributed by atoms with van der Waals surface area (Å²) in [6.45, 7) is 0. The van der Waals surface area contributed by atoms with Gasteiger partial charge in [-0.3, -0.25) is 0 Å². The van der Waals surface area contributed by atoms with E-state index in [1.54, 1.807) is 21.5 Å². The fourth-order valence-electron chi connectivity index (χ4n) is 1.10. The summed E-state index contributed by atoms with van der Waals surface area (Å²) in [6, 6.07) is 6.19. The van der Waals surface area contributed by atoms with Crippen LogP contribution in [-0.4, -0.2) is 9.90 Å². The lowest BCUT2D eigenvalue weighted by molar-refractivity contribution is -0.731. The maximum atomic E-state index is 12.6. The van der Waals surface area contributed by atoms with Gasteiger partial charge in [0.2, 0.25) is 0 Å². The molecule has 4 heteroatoms. The summed E-state index contributed by atoms with van der Waals surface area (Å²) >= 11 is 0. The highest BCUT2D eigenvalue weighted by atomic mass is 19.1. The predicted octanol–water partition coefficient (Wildman–Crippen LogP) is 0.836. The molecule has 0 amide bonds. The fraction of sp³-hybridized carbons (Fsp3) is 0.111. The first-order valence-corrected chi connectivity index (χ1v) is 3.93. The minimum Gasteiger partial charge on any atom is -0.207 e. The molecule has 0 bridgehead atoms. The van der Waals surface area contributed by atoms with Crippen LogP contribution >= 0.6 is 0 Å². The minimum absolute atomic E-state index is 0.236. The molecule has 0 N–H and O–H groups in total. The number of aryl methyl sites for hydroxylation is 1. The average Bonchev–Trinajstić information content (AvgIpc) is 2.53. The Labute approximate surface area is 75.0 Å². The highest BCUT2D eigenvalue weighted by molar-refractivity contribution is 5.29. The van der Waals surface area contributed by atoms with Crippen molar-refractivity contribution in [2.75, 3.05) is 0 Å². The molecule has 0 atom stereocenters. The van der Waals surface area contributed by atoms with Gasteiger partial charge in [0.1, 0.15) is 12.9 Å². The molecule has 0 aliphatic heterocycles. The molecule has 1 aromatic heterocycles. The Kier molecular flexibility index (Phi) is 1.81. The first-order chi connectivity index (χ1) is 6.25. The maximum Gasteiger partial charge on any atom is 0.161 e. The van der Waals surface area contributed by atoms with Crippen molar-refractivity contribution < 1.29 is 9.07 Å². The van der Waals surface area contributed by atoms with Crippen LogP contribution in [0.1, 0.15) is 0 Å². The number of nitrogens with zero attached hydrogens (tertiary/aromatic N) is 3. The first kappa shape index (κ1) is 7.91. The average molecular weight is 178 g/mol. The molecule has 1 heterocycles. The lowest BCUT2D eigenvalue weighted by Gasteiger charge is -1.91. The third-order valence-electron chi connectivity index (χ3n) is 1.75. The molecule has 1 aromatic carbocycles. The number of hydrogen-bond acceptors (Lipinski definition) is 1. The normalized spacial score (nSPS) is 10.3. The zero-order valence-corrected chi connectivity index (χ0v) is 7.18. The van der Waals surface area contributed by atoms with Crippen LogP contribution in [0, 0.1) is 5.82 Å². The molecule has 2 aromatic rings. The molecule has 0 aliphatic rings. The summed E-state index contributed by atoms with van der Waals surface area (Å²) in [5, 5.41) is 4.12. The van der Waals surface area contributed by atoms with Gasteiger partial charge in [0.25, 0.3) is 0 Å². The highest BCUT2D eigenvalue weighted by Crippen LogP contribution is 2.05. The van der Waals surface area contributed by atoms with Gasteiger partial charge >= 0.3 is 0 Å². The second kappa shape index (κ2) is 2.97. The number of rotatable bonds is 1. The van der Waals surface area contributed by atoms with Crippen molar-refractivity contribution in [3.63, 3.8) is 0 Å². The summed E-state index contributed by atoms with van der Waals surface area (Å²) in [5.74, 6) is -0.236. The summed E-state index contributed by atoms with van der Waals surface area (Å²) in [7, 11) is 1.83. The zero-order valence-electron chi connectivity index (χ0n) is 7.18. The second-order valence-electron chi connectivity index (χ2n) is 2.78. The van der Waals surface area contributed by atoms with Crippen LogP contribution in [-0.2, 0) is 7.05 Å². The van der Waals surface area contributed by atoms with E-state index in [1.807, 2.05) is 19.4 Å². The Hall–Kier alpha value is -1.71. The summed E-state index contributed by atoms with van der Waals surface area (Å²) in [6.07, 6.45) is 3.64. The van der Waals surface area contributed by atoms with Crippen LogP contribution < -0.4 is 4.68 Å². The van der Waals surface area contributed by atoms with Gasteiger partial charge in [-0.05, 0) is 24.3 Å². The molecule has 0 spiro atoms. The van der Waals surface area contributed by atoms with Gasteiger partial charge in [-0.25, -0.2) is 4.39 Å². The molecular weight excluding hydrogens is 169 g/mol. The van der Waals surface area contributed by atoms with Crippen LogP contribution in [0.15, 0.2) is 36.7 Å². The van der Waals surface area contributed by atoms with Gasteiger partial charge in [0, 0.05) is 0 Å². The Balaban J connectivity index is 2.41. The van der Waals surface area contributed by atoms with Crippen LogP contribution in [0.25, 0.3) is 5.69 Å². The smallest absolute Gasteiger partial charge is 0.161 e. The summed E-state index contributed by atoms with van der Waals surface area (Å²) in [4.78, 5) is 0. The molecule has 0 aliphatic carbocycles. The maximum absolute atomic E-state index is 12.6. The van der Waals surface area contributed by atoms with Gasteiger partial charge in [0.05, 0.1) is 5.21 Å². The summed E-state index contributed by atoms with van der Waals surface area (Å²) < 4.78 is 15.9. The van der Waals surface area contributed by atoms with Gasteiger partial charge in [-0.2, -0.15) is 0 Å². The molecular formula is C9H9FN3+. The van der Waals surface area contributed by atoms with Crippen molar-refractivity contribution in [2.45, 2.75) is 0 Å². The third kappa shape index (κ3) is 1.56. The Morgan fingerprint density at radius 3 is 2.54 bits per heavy atom. The first-order valence-electron chi connectivity index (χ1n) is 3.93. The Bertz CT molecular complexity index is 405. The van der Waals surface area contributed by atoms with Gasteiger partial charge in [-0.15, -0.1) is 9.36 Å². The number of aromatic nitrogens is 3. The largest absolute Gasteiger partial charge is 0.207 e. The lowest BCUT2D eigenvalue weighted by atomic mass is 10.3. The fourth-order valence-corrected chi connectivity index (χ4v) is 1.10. The molecule has 0 radical (unpaired) electrons. The van der Waals surface area contributed by atoms with Gasteiger partial charge < -0.3 is 0 Å². The van der Waals surface area contributed by atoms with Crippen molar-refractivity contribution in [2.24, 2.45) is 7.05 Å². The van der Waals surface area contributed by atoms with Gasteiger partial charge in [0.15, 0.2) is 18.1 Å². The number of halogens is 1. The van der Waals surface area contributed by atoms with Crippen LogP contribution in [0.2, 0.25) is 0 Å². The quantitative estimate of drug-likeness (QED) is 0.593.